The zero-order chi connectivity index (χ0) is 11.3. The maximum atomic E-state index is 5.92. The smallest absolute Gasteiger partial charge is 0.0997 e. The van der Waals surface area contributed by atoms with Gasteiger partial charge in [-0.3, -0.25) is 0 Å². The average Bonchev–Trinajstić information content (AvgIpc) is 2.63. The van der Waals surface area contributed by atoms with Gasteiger partial charge in [0.15, 0.2) is 0 Å². The predicted octanol–water partition coefficient (Wildman–Crippen LogP) is 3.22. The van der Waals surface area contributed by atoms with Crippen molar-refractivity contribution >= 4 is 0 Å². The molecule has 88 valence electrons. The quantitative estimate of drug-likeness (QED) is 0.724. The number of hydrogen-bond donors (Lipinski definition) is 0. The lowest BCUT2D eigenvalue weighted by Crippen LogP contribution is -2.26. The molecule has 1 heterocycles. The zero-order valence-electron chi connectivity index (χ0n) is 9.95. The summed E-state index contributed by atoms with van der Waals surface area (Å²) in [7, 11) is 0. The Morgan fingerprint density at radius 1 is 1.38 bits per heavy atom. The standard InChI is InChI=1S/C14H20O2/c1-2-14(9-10-15-11-14)12-16-13-7-5-3-4-6-8-13/h3-7H,2,8-12H2,1H3. The van der Waals surface area contributed by atoms with E-state index in [1.165, 1.54) is 0 Å². The topological polar surface area (TPSA) is 18.5 Å². The molecule has 1 aliphatic heterocycles. The van der Waals surface area contributed by atoms with E-state index in [9.17, 15) is 0 Å². The van der Waals surface area contributed by atoms with E-state index in [1.807, 2.05) is 12.2 Å². The Kier molecular flexibility index (Phi) is 3.83. The van der Waals surface area contributed by atoms with Crippen LogP contribution in [0.25, 0.3) is 0 Å². The van der Waals surface area contributed by atoms with Crippen molar-refractivity contribution in [2.45, 2.75) is 26.2 Å². The molecular formula is C14H20O2. The molecule has 1 aliphatic carbocycles. The Bertz CT molecular complexity index is 307. The fraction of sp³-hybridized carbons (Fsp3) is 0.571. The molecular weight excluding hydrogens is 200 g/mol. The van der Waals surface area contributed by atoms with Gasteiger partial charge in [-0.05, 0) is 18.9 Å². The Balaban J connectivity index is 1.88. The molecule has 16 heavy (non-hydrogen) atoms. The minimum atomic E-state index is 0.251. The molecule has 2 aliphatic rings. The largest absolute Gasteiger partial charge is 0.497 e. The summed E-state index contributed by atoms with van der Waals surface area (Å²) in [6, 6.07) is 0. The van der Waals surface area contributed by atoms with Crippen LogP contribution in [-0.2, 0) is 9.47 Å². The summed E-state index contributed by atoms with van der Waals surface area (Å²) in [6.45, 7) is 4.74. The Morgan fingerprint density at radius 3 is 3.06 bits per heavy atom. The van der Waals surface area contributed by atoms with Crippen LogP contribution in [0.1, 0.15) is 26.2 Å². The molecule has 1 fully saturated rings. The van der Waals surface area contributed by atoms with Crippen LogP contribution in [0.15, 0.2) is 36.1 Å². The third-order valence-corrected chi connectivity index (χ3v) is 3.46. The molecule has 0 bridgehead atoms. The van der Waals surface area contributed by atoms with Crippen LogP contribution in [0, 0.1) is 5.41 Å². The molecule has 0 aromatic heterocycles. The van der Waals surface area contributed by atoms with Crippen molar-refractivity contribution in [1.82, 2.24) is 0 Å². The molecule has 0 aromatic rings. The zero-order valence-corrected chi connectivity index (χ0v) is 9.95. The molecule has 0 N–H and O–H groups in total. The number of rotatable bonds is 4. The summed E-state index contributed by atoms with van der Waals surface area (Å²) < 4.78 is 11.4. The Hall–Kier alpha value is -1.02. The highest BCUT2D eigenvalue weighted by Crippen LogP contribution is 2.33. The SMILES string of the molecule is CCC1(COC2=CC=CC=CC2)CCOC1. The second-order valence-electron chi connectivity index (χ2n) is 4.59. The van der Waals surface area contributed by atoms with Gasteiger partial charge in [0.2, 0.25) is 0 Å². The van der Waals surface area contributed by atoms with Gasteiger partial charge >= 0.3 is 0 Å². The van der Waals surface area contributed by atoms with Crippen molar-refractivity contribution in [3.8, 4) is 0 Å². The summed E-state index contributed by atoms with van der Waals surface area (Å²) in [5.74, 6) is 1.06. The van der Waals surface area contributed by atoms with Gasteiger partial charge in [0.1, 0.15) is 0 Å². The first-order valence-electron chi connectivity index (χ1n) is 6.08. The van der Waals surface area contributed by atoms with Crippen LogP contribution in [0.4, 0.5) is 0 Å². The Labute approximate surface area is 97.6 Å². The molecule has 0 amide bonds. The van der Waals surface area contributed by atoms with Gasteiger partial charge < -0.3 is 9.47 Å². The van der Waals surface area contributed by atoms with Crippen molar-refractivity contribution in [2.75, 3.05) is 19.8 Å². The van der Waals surface area contributed by atoms with Gasteiger partial charge in [0, 0.05) is 18.4 Å². The van der Waals surface area contributed by atoms with E-state index in [4.69, 9.17) is 9.47 Å². The molecule has 0 aromatic carbocycles. The van der Waals surface area contributed by atoms with Crippen LogP contribution in [0.2, 0.25) is 0 Å². The normalized spacial score (nSPS) is 28.9. The maximum Gasteiger partial charge on any atom is 0.0997 e. The third-order valence-electron chi connectivity index (χ3n) is 3.46. The monoisotopic (exact) mass is 220 g/mol. The maximum absolute atomic E-state index is 5.92. The molecule has 1 atom stereocenters. The molecule has 1 unspecified atom stereocenters. The Morgan fingerprint density at radius 2 is 2.31 bits per heavy atom. The van der Waals surface area contributed by atoms with Crippen LogP contribution >= 0.6 is 0 Å². The van der Waals surface area contributed by atoms with Crippen molar-refractivity contribution in [2.24, 2.45) is 5.41 Å². The highest BCUT2D eigenvalue weighted by Gasteiger charge is 2.34. The molecule has 2 rings (SSSR count). The predicted molar refractivity (Wildman–Crippen MR) is 65.1 cm³/mol. The van der Waals surface area contributed by atoms with E-state index in [0.29, 0.717) is 0 Å². The van der Waals surface area contributed by atoms with E-state index in [0.717, 1.165) is 44.8 Å². The van der Waals surface area contributed by atoms with Crippen molar-refractivity contribution in [1.29, 1.82) is 0 Å². The highest BCUT2D eigenvalue weighted by atomic mass is 16.5. The van der Waals surface area contributed by atoms with Gasteiger partial charge in [-0.25, -0.2) is 0 Å². The average molecular weight is 220 g/mol. The first kappa shape index (κ1) is 11.5. The second-order valence-corrected chi connectivity index (χ2v) is 4.59. The first-order chi connectivity index (χ1) is 7.85. The lowest BCUT2D eigenvalue weighted by atomic mass is 9.85. The third kappa shape index (κ3) is 2.76. The summed E-state index contributed by atoms with van der Waals surface area (Å²) in [6.07, 6.45) is 13.5. The van der Waals surface area contributed by atoms with Crippen LogP contribution < -0.4 is 0 Å². The highest BCUT2D eigenvalue weighted by molar-refractivity contribution is 5.20. The molecule has 2 nitrogen and oxygen atoms in total. The van der Waals surface area contributed by atoms with Gasteiger partial charge in [-0.15, -0.1) is 0 Å². The molecule has 1 saturated heterocycles. The van der Waals surface area contributed by atoms with Crippen LogP contribution in [0.5, 0.6) is 0 Å². The summed E-state index contributed by atoms with van der Waals surface area (Å²) in [5.41, 5.74) is 0.251. The number of allylic oxidation sites excluding steroid dienone is 5. The number of hydrogen-bond acceptors (Lipinski definition) is 2. The van der Waals surface area contributed by atoms with E-state index >= 15 is 0 Å². The molecule has 2 heteroatoms. The van der Waals surface area contributed by atoms with Crippen molar-refractivity contribution < 1.29 is 9.47 Å². The minimum absolute atomic E-state index is 0.251. The van der Waals surface area contributed by atoms with Gasteiger partial charge in [0.25, 0.3) is 0 Å². The van der Waals surface area contributed by atoms with Gasteiger partial charge in [-0.1, -0.05) is 31.2 Å². The lowest BCUT2D eigenvalue weighted by Gasteiger charge is -2.26. The van der Waals surface area contributed by atoms with E-state index in [-0.39, 0.29) is 5.41 Å². The fourth-order valence-corrected chi connectivity index (χ4v) is 2.05. The molecule has 0 radical (unpaired) electrons. The van der Waals surface area contributed by atoms with E-state index in [1.54, 1.807) is 0 Å². The van der Waals surface area contributed by atoms with E-state index in [2.05, 4.69) is 25.2 Å². The van der Waals surface area contributed by atoms with Crippen molar-refractivity contribution in [3.63, 3.8) is 0 Å². The van der Waals surface area contributed by atoms with Crippen LogP contribution in [-0.4, -0.2) is 19.8 Å². The van der Waals surface area contributed by atoms with Crippen LogP contribution in [0.3, 0.4) is 0 Å². The molecule has 0 spiro atoms. The fourth-order valence-electron chi connectivity index (χ4n) is 2.05. The summed E-state index contributed by atoms with van der Waals surface area (Å²) >= 11 is 0. The van der Waals surface area contributed by atoms with Gasteiger partial charge in [-0.2, -0.15) is 0 Å². The van der Waals surface area contributed by atoms with Crippen molar-refractivity contribution in [3.05, 3.63) is 36.1 Å². The number of ether oxygens (including phenoxy) is 2. The summed E-state index contributed by atoms with van der Waals surface area (Å²) in [4.78, 5) is 0. The molecule has 0 saturated carbocycles. The first-order valence-corrected chi connectivity index (χ1v) is 6.08. The second kappa shape index (κ2) is 5.35. The summed E-state index contributed by atoms with van der Waals surface area (Å²) in [5, 5.41) is 0. The van der Waals surface area contributed by atoms with Gasteiger partial charge in [0.05, 0.1) is 19.0 Å². The van der Waals surface area contributed by atoms with E-state index < -0.39 is 0 Å². The lowest BCUT2D eigenvalue weighted by molar-refractivity contribution is 0.0657. The minimum Gasteiger partial charge on any atom is -0.497 e.